The summed E-state index contributed by atoms with van der Waals surface area (Å²) >= 11 is 0. The molecule has 0 saturated heterocycles. The normalized spacial score (nSPS) is 11.5. The van der Waals surface area contributed by atoms with E-state index in [9.17, 15) is 0 Å². The Bertz CT molecular complexity index is 4770. The first kappa shape index (κ1) is 46.7. The monoisotopic (exact) mass is 1020 g/mol. The van der Waals surface area contributed by atoms with Gasteiger partial charge in [-0.25, -0.2) is 0 Å². The van der Waals surface area contributed by atoms with Crippen molar-refractivity contribution >= 4 is 43.6 Å². The standard InChI is InChI=1S/C78H52N2/c1-3-17-57(18-4-1)67-25-7-8-26-68(67)58-41-39-56(40-42-58)61-20-16-22-63(50-61)62-21-15-19-60(49-62)55-35-33-53(34-36-55)54-37-43-59(44-38-54)69-27-9-12-30-74(69)80-76-32-14-11-29-71(76)73-52-65(46-48-78(73)80)64-45-47-77-72(51-64)70-28-10-13-31-75(70)79(77)66-23-5-2-6-24-66/h1-52H. The molecule has 0 aliphatic rings. The summed E-state index contributed by atoms with van der Waals surface area (Å²) in [5.41, 5.74) is 26.3. The lowest BCUT2D eigenvalue weighted by molar-refractivity contribution is 1.18. The maximum absolute atomic E-state index is 2.45. The van der Waals surface area contributed by atoms with Crippen molar-refractivity contribution in [3.8, 4) is 100 Å². The van der Waals surface area contributed by atoms with E-state index >= 15 is 0 Å². The second kappa shape index (κ2) is 19.8. The van der Waals surface area contributed by atoms with Crippen molar-refractivity contribution < 1.29 is 0 Å². The van der Waals surface area contributed by atoms with Crippen molar-refractivity contribution in [3.63, 3.8) is 0 Å². The molecule has 15 aromatic rings. The first-order valence-electron chi connectivity index (χ1n) is 27.6. The van der Waals surface area contributed by atoms with Crippen molar-refractivity contribution in [2.24, 2.45) is 0 Å². The molecule has 0 N–H and O–H groups in total. The van der Waals surface area contributed by atoms with Crippen LogP contribution in [-0.2, 0) is 0 Å². The molecule has 0 fully saturated rings. The van der Waals surface area contributed by atoms with Gasteiger partial charge in [0.15, 0.2) is 0 Å². The van der Waals surface area contributed by atoms with Crippen molar-refractivity contribution in [2.45, 2.75) is 0 Å². The van der Waals surface area contributed by atoms with Crippen LogP contribution in [0.2, 0.25) is 0 Å². The molecule has 13 aromatic carbocycles. The van der Waals surface area contributed by atoms with Gasteiger partial charge in [0.2, 0.25) is 0 Å². The Morgan fingerprint density at radius 2 is 0.475 bits per heavy atom. The molecule has 0 unspecified atom stereocenters. The highest BCUT2D eigenvalue weighted by atomic mass is 15.0. The van der Waals surface area contributed by atoms with Gasteiger partial charge >= 0.3 is 0 Å². The summed E-state index contributed by atoms with van der Waals surface area (Å²) in [5.74, 6) is 0. The second-order valence-electron chi connectivity index (χ2n) is 20.8. The molecule has 0 aliphatic carbocycles. The maximum atomic E-state index is 2.45. The van der Waals surface area contributed by atoms with Gasteiger partial charge < -0.3 is 9.13 Å². The van der Waals surface area contributed by atoms with Crippen molar-refractivity contribution in [1.82, 2.24) is 9.13 Å². The Balaban J connectivity index is 0.690. The van der Waals surface area contributed by atoms with E-state index in [1.807, 2.05) is 0 Å². The molecule has 0 saturated carbocycles. The zero-order chi connectivity index (χ0) is 52.9. The van der Waals surface area contributed by atoms with Crippen LogP contribution in [0.15, 0.2) is 315 Å². The minimum atomic E-state index is 1.16. The smallest absolute Gasteiger partial charge is 0.0541 e. The fourth-order valence-electron chi connectivity index (χ4n) is 12.2. The average molecular weight is 1020 g/mol. The fourth-order valence-corrected chi connectivity index (χ4v) is 12.2. The van der Waals surface area contributed by atoms with Gasteiger partial charge in [-0.3, -0.25) is 0 Å². The summed E-state index contributed by atoms with van der Waals surface area (Å²) in [6, 6.07) is 115. The van der Waals surface area contributed by atoms with E-state index in [0.29, 0.717) is 0 Å². The van der Waals surface area contributed by atoms with Crippen LogP contribution < -0.4 is 0 Å². The molecule has 0 bridgehead atoms. The lowest BCUT2D eigenvalue weighted by Crippen LogP contribution is -1.97. The van der Waals surface area contributed by atoms with E-state index in [1.165, 1.54) is 138 Å². The Kier molecular flexibility index (Phi) is 11.6. The minimum Gasteiger partial charge on any atom is -0.309 e. The molecule has 2 heterocycles. The Labute approximate surface area is 466 Å². The number of fused-ring (bicyclic) bond motifs is 6. The lowest BCUT2D eigenvalue weighted by atomic mass is 9.92. The Morgan fingerprint density at radius 1 is 0.163 bits per heavy atom. The topological polar surface area (TPSA) is 9.86 Å². The van der Waals surface area contributed by atoms with Crippen LogP contribution in [0.4, 0.5) is 0 Å². The van der Waals surface area contributed by atoms with Crippen molar-refractivity contribution in [1.29, 1.82) is 0 Å². The molecule has 0 spiro atoms. The molecular formula is C78H52N2. The summed E-state index contributed by atoms with van der Waals surface area (Å²) in [5, 5.41) is 4.98. The van der Waals surface area contributed by atoms with Crippen LogP contribution in [0.1, 0.15) is 0 Å². The number of para-hydroxylation sites is 4. The number of nitrogens with zero attached hydrogens (tertiary/aromatic N) is 2. The van der Waals surface area contributed by atoms with E-state index < -0.39 is 0 Å². The van der Waals surface area contributed by atoms with Crippen LogP contribution >= 0.6 is 0 Å². The van der Waals surface area contributed by atoms with Crippen LogP contribution in [0.3, 0.4) is 0 Å². The molecule has 15 rings (SSSR count). The van der Waals surface area contributed by atoms with E-state index in [1.54, 1.807) is 0 Å². The predicted octanol–water partition coefficient (Wildman–Crippen LogP) is 21.2. The summed E-state index contributed by atoms with van der Waals surface area (Å²) in [6.07, 6.45) is 0. The summed E-state index contributed by atoms with van der Waals surface area (Å²) < 4.78 is 4.83. The van der Waals surface area contributed by atoms with Gasteiger partial charge in [-0.15, -0.1) is 0 Å². The molecule has 0 aliphatic heterocycles. The van der Waals surface area contributed by atoms with Crippen molar-refractivity contribution in [2.75, 3.05) is 0 Å². The molecule has 2 aromatic heterocycles. The SMILES string of the molecule is c1ccc(-c2ccccc2-c2ccc(-c3cccc(-c4cccc(-c5ccc(-c6ccc(-c7ccccc7-n7c8ccccc8c8cc(-c9ccc%10c(c9)c9ccccc9n%10-c9ccccc9)ccc87)cc6)cc5)c4)c3)cc2)cc1. The quantitative estimate of drug-likeness (QED) is 0.129. The predicted molar refractivity (Wildman–Crippen MR) is 339 cm³/mol. The molecule has 2 nitrogen and oxygen atoms in total. The van der Waals surface area contributed by atoms with Crippen LogP contribution in [0.25, 0.3) is 144 Å². The first-order valence-corrected chi connectivity index (χ1v) is 27.6. The number of hydrogen-bond donors (Lipinski definition) is 0. The van der Waals surface area contributed by atoms with E-state index in [0.717, 1.165) is 5.69 Å². The van der Waals surface area contributed by atoms with Gasteiger partial charge in [0.05, 0.1) is 27.8 Å². The second-order valence-corrected chi connectivity index (χ2v) is 20.8. The lowest BCUT2D eigenvalue weighted by Gasteiger charge is -2.15. The van der Waals surface area contributed by atoms with E-state index in [-0.39, 0.29) is 0 Å². The Hall–Kier alpha value is -10.5. The number of rotatable bonds is 10. The first-order chi connectivity index (χ1) is 39.7. The Morgan fingerprint density at radius 3 is 1.00 bits per heavy atom. The van der Waals surface area contributed by atoms with Gasteiger partial charge in [-0.1, -0.05) is 249 Å². The maximum Gasteiger partial charge on any atom is 0.0541 e. The molecule has 80 heavy (non-hydrogen) atoms. The highest BCUT2D eigenvalue weighted by molar-refractivity contribution is 6.13. The molecule has 0 atom stereocenters. The van der Waals surface area contributed by atoms with Crippen LogP contribution in [-0.4, -0.2) is 9.13 Å². The van der Waals surface area contributed by atoms with Gasteiger partial charge in [0.1, 0.15) is 0 Å². The van der Waals surface area contributed by atoms with E-state index in [4.69, 9.17) is 0 Å². The number of aromatic nitrogens is 2. The highest BCUT2D eigenvalue weighted by Crippen LogP contribution is 2.41. The van der Waals surface area contributed by atoms with Gasteiger partial charge in [0.25, 0.3) is 0 Å². The zero-order valence-corrected chi connectivity index (χ0v) is 43.9. The summed E-state index contributed by atoms with van der Waals surface area (Å²) in [7, 11) is 0. The summed E-state index contributed by atoms with van der Waals surface area (Å²) in [4.78, 5) is 0. The van der Waals surface area contributed by atoms with Crippen molar-refractivity contribution in [3.05, 3.63) is 315 Å². The summed E-state index contributed by atoms with van der Waals surface area (Å²) in [6.45, 7) is 0. The third-order valence-electron chi connectivity index (χ3n) is 16.2. The molecule has 2 heteroatoms. The third-order valence-corrected chi connectivity index (χ3v) is 16.2. The van der Waals surface area contributed by atoms with Crippen LogP contribution in [0, 0.1) is 0 Å². The minimum absolute atomic E-state index is 1.16. The highest BCUT2D eigenvalue weighted by Gasteiger charge is 2.19. The molecule has 374 valence electrons. The number of hydrogen-bond acceptors (Lipinski definition) is 0. The number of benzene rings is 13. The fraction of sp³-hybridized carbons (Fsp3) is 0. The van der Waals surface area contributed by atoms with Gasteiger partial charge in [0, 0.05) is 32.8 Å². The zero-order valence-electron chi connectivity index (χ0n) is 43.9. The third kappa shape index (κ3) is 8.30. The van der Waals surface area contributed by atoms with E-state index in [2.05, 4.69) is 325 Å². The van der Waals surface area contributed by atoms with Gasteiger partial charge in [-0.05, 0) is 150 Å². The molecular weight excluding hydrogens is 965 g/mol. The van der Waals surface area contributed by atoms with Crippen LogP contribution in [0.5, 0.6) is 0 Å². The molecule has 0 radical (unpaired) electrons. The molecule has 0 amide bonds. The largest absolute Gasteiger partial charge is 0.309 e. The van der Waals surface area contributed by atoms with Gasteiger partial charge in [-0.2, -0.15) is 0 Å². The average Bonchev–Trinajstić information content (AvgIpc) is 4.24.